The van der Waals surface area contributed by atoms with Gasteiger partial charge in [-0.05, 0) is 144 Å². The fourth-order valence-corrected chi connectivity index (χ4v) is 10.7. The smallest absolute Gasteiger partial charge is 0.134 e. The van der Waals surface area contributed by atoms with E-state index in [1.807, 2.05) is 0 Å². The minimum absolute atomic E-state index is 0.0224. The molecule has 3 aliphatic heterocycles. The zero-order valence-electron chi connectivity index (χ0n) is 49.4. The van der Waals surface area contributed by atoms with Crippen LogP contribution in [0.4, 0.5) is 0 Å². The predicted molar refractivity (Wildman–Crippen MR) is 271 cm³/mol. The van der Waals surface area contributed by atoms with Gasteiger partial charge in [0.1, 0.15) is 58.7 Å². The standard InChI is InChI=1S/3C16H33NO3.C6H8O7/c3*1-8-9-19-13-10-14(2,3)17(15(4,5)11-13)20-12-16(6,7)18;7-3(8)1-6(13,5(11)12)2-4(9)10/h3*13,18H,8-12H2,1-7H3;13H,1-2H2,(H,7,8)(H,9,10)(H,11,12). The van der Waals surface area contributed by atoms with Crippen molar-refractivity contribution in [2.75, 3.05) is 39.6 Å². The van der Waals surface area contributed by atoms with Gasteiger partial charge in [0.25, 0.3) is 0 Å². The molecule has 0 spiro atoms. The summed E-state index contributed by atoms with van der Waals surface area (Å²) in [5.41, 5.74) is -5.50. The van der Waals surface area contributed by atoms with Gasteiger partial charge in [-0.15, -0.1) is 0 Å². The molecule has 0 aliphatic carbocycles. The summed E-state index contributed by atoms with van der Waals surface area (Å²) in [7, 11) is 0. The van der Waals surface area contributed by atoms with E-state index in [2.05, 4.69) is 104 Å². The zero-order chi connectivity index (χ0) is 57.5. The molecule has 434 valence electrons. The summed E-state index contributed by atoms with van der Waals surface area (Å²) >= 11 is 0. The molecule has 3 heterocycles. The van der Waals surface area contributed by atoms with E-state index in [-0.39, 0.29) is 33.2 Å². The number of hydrogen-bond acceptors (Lipinski definition) is 16. The van der Waals surface area contributed by atoms with Crippen LogP contribution in [0.25, 0.3) is 0 Å². The second-order valence-electron chi connectivity index (χ2n) is 26.7. The number of rotatable bonds is 23. The molecule has 0 aromatic heterocycles. The Morgan fingerprint density at radius 1 is 0.438 bits per heavy atom. The molecule has 0 amide bonds. The minimum atomic E-state index is -2.97. The Hall–Kier alpha value is -2.11. The lowest BCUT2D eigenvalue weighted by molar-refractivity contribution is -1.17. The van der Waals surface area contributed by atoms with Crippen LogP contribution < -0.4 is 30.5 Å². The third kappa shape index (κ3) is 26.7. The molecule has 7 N–H and O–H groups in total. The molecular formula is C54H107N3O16. The van der Waals surface area contributed by atoms with E-state index < -0.39 is 53.2 Å². The molecule has 0 saturated carbocycles. The van der Waals surface area contributed by atoms with Crippen molar-refractivity contribution in [2.45, 2.75) is 290 Å². The van der Waals surface area contributed by atoms with Crippen LogP contribution in [0.5, 0.6) is 0 Å². The Bertz CT molecular complexity index is 1430. The molecule has 3 aliphatic rings. The average Bonchev–Trinajstić information content (AvgIpc) is 3.14. The first kappa shape index (κ1) is 70.9. The molecule has 19 heteroatoms. The van der Waals surface area contributed by atoms with Crippen molar-refractivity contribution in [3.05, 3.63) is 0 Å². The van der Waals surface area contributed by atoms with Crippen molar-refractivity contribution in [3.63, 3.8) is 0 Å². The highest BCUT2D eigenvalue weighted by atomic mass is 16.7. The van der Waals surface area contributed by atoms with Crippen LogP contribution in [-0.2, 0) is 43.1 Å². The van der Waals surface area contributed by atoms with Crippen molar-refractivity contribution in [1.29, 1.82) is 0 Å². The van der Waals surface area contributed by atoms with Gasteiger partial charge in [0, 0.05) is 83.1 Å². The topological polar surface area (TPSA) is 270 Å². The zero-order valence-corrected chi connectivity index (χ0v) is 49.4. The quantitative estimate of drug-likeness (QED) is 0.0705. The van der Waals surface area contributed by atoms with Gasteiger partial charge in [-0.3, -0.25) is 0 Å². The molecule has 0 aromatic rings. The summed E-state index contributed by atoms with van der Waals surface area (Å²) in [4.78, 5) is 48.1. The molecular weight excluding hydrogens is 947 g/mol. The monoisotopic (exact) mass is 1050 g/mol. The summed E-state index contributed by atoms with van der Waals surface area (Å²) in [6.45, 7) is 47.3. The number of carbonyl (C=O) groups excluding carboxylic acids is 3. The van der Waals surface area contributed by atoms with E-state index in [9.17, 15) is 45.0 Å². The van der Waals surface area contributed by atoms with E-state index in [0.717, 1.165) is 92.8 Å². The Morgan fingerprint density at radius 2 is 0.630 bits per heavy atom. The normalized spacial score (nSPS) is 26.1. The summed E-state index contributed by atoms with van der Waals surface area (Å²) in [5.74, 6) is -5.98. The number of piperidine rings is 3. The Balaban J connectivity index is 0.000000959. The van der Waals surface area contributed by atoms with Crippen molar-refractivity contribution < 1.29 is 94.0 Å². The maximum absolute atomic E-state index is 10.1. The summed E-state index contributed by atoms with van der Waals surface area (Å²) < 4.78 is 17.9. The first-order valence-corrected chi connectivity index (χ1v) is 26.6. The van der Waals surface area contributed by atoms with Gasteiger partial charge in [-0.1, -0.05) is 20.8 Å². The SMILES string of the molecule is CCCOC1CC(C)(C)[NH+](OCC(C)(C)O)C(C)(C)C1.CCCOC1CC(C)(C)[NH+](OCC(C)(C)O)C(C)(C)C1.CCCOC1CC(C)(C)[NH+](OCC(C)(C)O)C(C)(C)C1.O=C([O-])CC(O)(CC(=O)[O-])C(=O)[O-]. The number of quaternary nitrogens is 3. The van der Waals surface area contributed by atoms with Gasteiger partial charge < -0.3 is 64.3 Å². The van der Waals surface area contributed by atoms with Crippen LogP contribution in [0.3, 0.4) is 0 Å². The van der Waals surface area contributed by atoms with Gasteiger partial charge in [0.15, 0.2) is 0 Å². The number of aliphatic carboxylic acids is 3. The Morgan fingerprint density at radius 3 is 0.767 bits per heavy atom. The lowest BCUT2D eigenvalue weighted by Gasteiger charge is -2.49. The number of carbonyl (C=O) groups is 3. The number of nitrogens with one attached hydrogen (secondary N) is 3. The number of carboxylic acid groups (broad SMARTS) is 3. The maximum atomic E-state index is 10.1. The first-order chi connectivity index (χ1) is 32.7. The van der Waals surface area contributed by atoms with Gasteiger partial charge >= 0.3 is 0 Å². The van der Waals surface area contributed by atoms with Gasteiger partial charge in [0.05, 0.1) is 41.1 Å². The summed E-state index contributed by atoms with van der Waals surface area (Å²) in [5, 5.41) is 71.9. The summed E-state index contributed by atoms with van der Waals surface area (Å²) in [6.07, 6.45) is 7.26. The van der Waals surface area contributed by atoms with E-state index in [1.165, 1.54) is 0 Å². The highest BCUT2D eigenvalue weighted by Gasteiger charge is 2.54. The Kier molecular flexibility index (Phi) is 27.7. The molecule has 3 rings (SSSR count). The van der Waals surface area contributed by atoms with Gasteiger partial charge in [-0.2, -0.15) is 15.2 Å². The Labute approximate surface area is 440 Å². The number of ether oxygens (including phenoxy) is 3. The molecule has 73 heavy (non-hydrogen) atoms. The van der Waals surface area contributed by atoms with E-state index in [4.69, 9.17) is 33.8 Å². The number of carboxylic acids is 3. The molecule has 0 atom stereocenters. The minimum Gasteiger partial charge on any atom is -0.550 e. The lowest BCUT2D eigenvalue weighted by Crippen LogP contribution is -3.26. The molecule has 0 bridgehead atoms. The van der Waals surface area contributed by atoms with E-state index in [1.54, 1.807) is 41.5 Å². The van der Waals surface area contributed by atoms with Crippen LogP contribution in [0, 0.1) is 0 Å². The molecule has 0 radical (unpaired) electrons. The fraction of sp³-hybridized carbons (Fsp3) is 0.944. The molecule has 0 unspecified atom stereocenters. The van der Waals surface area contributed by atoms with E-state index in [0.29, 0.717) is 38.1 Å². The third-order valence-electron chi connectivity index (χ3n) is 12.8. The number of hydroxylamine groups is 6. The van der Waals surface area contributed by atoms with Crippen LogP contribution >= 0.6 is 0 Å². The highest BCUT2D eigenvalue weighted by molar-refractivity contribution is 5.86. The second-order valence-corrected chi connectivity index (χ2v) is 26.7. The van der Waals surface area contributed by atoms with Crippen LogP contribution in [0.1, 0.15) is 216 Å². The van der Waals surface area contributed by atoms with Crippen molar-refractivity contribution >= 4 is 17.9 Å². The highest BCUT2D eigenvalue weighted by Crippen LogP contribution is 2.29. The van der Waals surface area contributed by atoms with Crippen LogP contribution in [0.2, 0.25) is 0 Å². The van der Waals surface area contributed by atoms with Crippen molar-refractivity contribution in [1.82, 2.24) is 0 Å². The molecule has 0 aromatic carbocycles. The predicted octanol–water partition coefficient (Wildman–Crippen LogP) is -0.0926. The summed E-state index contributed by atoms with van der Waals surface area (Å²) in [6, 6.07) is 0. The maximum Gasteiger partial charge on any atom is 0.134 e. The van der Waals surface area contributed by atoms with Gasteiger partial charge in [0.2, 0.25) is 0 Å². The number of hydrogen-bond donors (Lipinski definition) is 7. The number of aliphatic hydroxyl groups is 4. The largest absolute Gasteiger partial charge is 0.550 e. The van der Waals surface area contributed by atoms with Crippen molar-refractivity contribution in [3.8, 4) is 0 Å². The third-order valence-corrected chi connectivity index (χ3v) is 12.8. The van der Waals surface area contributed by atoms with Crippen molar-refractivity contribution in [2.24, 2.45) is 0 Å². The average molecular weight is 1050 g/mol. The lowest BCUT2D eigenvalue weighted by atomic mass is 9.80. The fourth-order valence-electron chi connectivity index (χ4n) is 10.7. The molecule has 3 fully saturated rings. The second kappa shape index (κ2) is 28.5. The molecule has 3 saturated heterocycles. The van der Waals surface area contributed by atoms with Gasteiger partial charge in [-0.25, -0.2) is 14.5 Å². The van der Waals surface area contributed by atoms with E-state index >= 15 is 0 Å². The first-order valence-electron chi connectivity index (χ1n) is 26.6. The van der Waals surface area contributed by atoms with Crippen LogP contribution in [0.15, 0.2) is 0 Å². The molecule has 19 nitrogen and oxygen atoms in total. The van der Waals surface area contributed by atoms with Crippen LogP contribution in [-0.4, -0.2) is 152 Å².